The van der Waals surface area contributed by atoms with Crippen molar-refractivity contribution in [2.45, 2.75) is 77.2 Å². The summed E-state index contributed by atoms with van der Waals surface area (Å²) in [7, 11) is 0. The lowest BCUT2D eigenvalue weighted by Crippen LogP contribution is -2.48. The van der Waals surface area contributed by atoms with Crippen molar-refractivity contribution in [1.29, 1.82) is 0 Å². The SMILES string of the molecule is CCNC(=NCC(O)c1ccc(F)cc1)NC1CCC(NC(=O)OC(C)(C)C)CC1.I. The molecule has 0 saturated heterocycles. The zero-order chi connectivity index (χ0) is 22.1. The van der Waals surface area contributed by atoms with Crippen molar-refractivity contribution < 1.29 is 19.0 Å². The molecule has 1 fully saturated rings. The summed E-state index contributed by atoms with van der Waals surface area (Å²) in [6, 6.07) is 6.13. The van der Waals surface area contributed by atoms with Gasteiger partial charge in [0.25, 0.3) is 0 Å². The summed E-state index contributed by atoms with van der Waals surface area (Å²) < 4.78 is 18.4. The number of halogens is 2. The van der Waals surface area contributed by atoms with Crippen LogP contribution in [0.5, 0.6) is 0 Å². The number of rotatable bonds is 6. The van der Waals surface area contributed by atoms with Gasteiger partial charge in [-0.2, -0.15) is 0 Å². The largest absolute Gasteiger partial charge is 0.444 e. The highest BCUT2D eigenvalue weighted by Crippen LogP contribution is 2.19. The van der Waals surface area contributed by atoms with E-state index in [0.717, 1.165) is 25.7 Å². The summed E-state index contributed by atoms with van der Waals surface area (Å²) >= 11 is 0. The predicted octanol–water partition coefficient (Wildman–Crippen LogP) is 3.87. The van der Waals surface area contributed by atoms with Gasteiger partial charge in [0.15, 0.2) is 5.96 Å². The molecular weight excluding hydrogens is 514 g/mol. The maximum Gasteiger partial charge on any atom is 0.407 e. The van der Waals surface area contributed by atoms with Crippen LogP contribution in [0.2, 0.25) is 0 Å². The van der Waals surface area contributed by atoms with Gasteiger partial charge in [0.2, 0.25) is 0 Å². The van der Waals surface area contributed by atoms with Gasteiger partial charge in [-0.05, 0) is 71.1 Å². The molecule has 9 heteroatoms. The van der Waals surface area contributed by atoms with Crippen molar-refractivity contribution in [3.63, 3.8) is 0 Å². The average molecular weight is 550 g/mol. The van der Waals surface area contributed by atoms with Crippen molar-refractivity contribution in [2.24, 2.45) is 4.99 Å². The van der Waals surface area contributed by atoms with Crippen LogP contribution in [0.1, 0.15) is 65.0 Å². The fourth-order valence-electron chi connectivity index (χ4n) is 3.34. The van der Waals surface area contributed by atoms with E-state index < -0.39 is 11.7 Å². The van der Waals surface area contributed by atoms with Crippen LogP contribution >= 0.6 is 24.0 Å². The highest BCUT2D eigenvalue weighted by Gasteiger charge is 2.25. The summed E-state index contributed by atoms with van der Waals surface area (Å²) in [4.78, 5) is 16.4. The van der Waals surface area contributed by atoms with Crippen molar-refractivity contribution in [2.75, 3.05) is 13.1 Å². The molecule has 0 heterocycles. The number of ether oxygens (including phenoxy) is 1. The topological polar surface area (TPSA) is 95.0 Å². The van der Waals surface area contributed by atoms with Gasteiger partial charge in [0.1, 0.15) is 11.4 Å². The lowest BCUT2D eigenvalue weighted by Gasteiger charge is -2.31. The Bertz CT molecular complexity index is 702. The Labute approximate surface area is 201 Å². The molecule has 1 amide bonds. The van der Waals surface area contributed by atoms with Gasteiger partial charge in [-0.1, -0.05) is 12.1 Å². The van der Waals surface area contributed by atoms with Crippen LogP contribution in [-0.2, 0) is 4.74 Å². The van der Waals surface area contributed by atoms with Crippen LogP contribution < -0.4 is 16.0 Å². The molecule has 1 aromatic rings. The molecule has 0 spiro atoms. The first-order chi connectivity index (χ1) is 14.2. The molecule has 176 valence electrons. The Balaban J connectivity index is 0.00000480. The Morgan fingerprint density at radius 1 is 1.16 bits per heavy atom. The molecule has 1 aliphatic carbocycles. The van der Waals surface area contributed by atoms with Crippen LogP contribution in [0, 0.1) is 5.82 Å². The van der Waals surface area contributed by atoms with Gasteiger partial charge in [-0.15, -0.1) is 24.0 Å². The minimum atomic E-state index is -0.796. The number of nitrogens with one attached hydrogen (secondary N) is 3. The number of alkyl carbamates (subject to hydrolysis) is 1. The van der Waals surface area contributed by atoms with Crippen molar-refractivity contribution in [1.82, 2.24) is 16.0 Å². The summed E-state index contributed by atoms with van der Waals surface area (Å²) in [5.74, 6) is 0.309. The number of aliphatic imine (C=N–C) groups is 1. The number of aliphatic hydroxyl groups excluding tert-OH is 1. The number of hydrogen-bond donors (Lipinski definition) is 4. The Kier molecular flexibility index (Phi) is 11.5. The lowest BCUT2D eigenvalue weighted by atomic mass is 9.91. The van der Waals surface area contributed by atoms with Crippen LogP contribution in [0.15, 0.2) is 29.3 Å². The molecule has 31 heavy (non-hydrogen) atoms. The standard InChI is InChI=1S/C22H35FN4O3.HI/c1-5-24-20(25-14-19(28)15-6-8-16(23)9-7-15)26-17-10-12-18(13-11-17)27-21(29)30-22(2,3)4;/h6-9,17-19,28H,5,10-14H2,1-4H3,(H,27,29)(H2,24,25,26);1H. The molecule has 1 saturated carbocycles. The summed E-state index contributed by atoms with van der Waals surface area (Å²) in [5, 5.41) is 19.8. The number of guanidine groups is 1. The molecule has 1 unspecified atom stereocenters. The molecule has 2 rings (SSSR count). The fraction of sp³-hybridized carbons (Fsp3) is 0.636. The average Bonchev–Trinajstić information content (AvgIpc) is 2.66. The minimum Gasteiger partial charge on any atom is -0.444 e. The van der Waals surface area contributed by atoms with Gasteiger partial charge in [-0.25, -0.2) is 9.18 Å². The van der Waals surface area contributed by atoms with E-state index >= 15 is 0 Å². The number of hydrogen-bond acceptors (Lipinski definition) is 4. The van der Waals surface area contributed by atoms with Gasteiger partial charge < -0.3 is 25.8 Å². The van der Waals surface area contributed by atoms with E-state index in [0.29, 0.717) is 18.1 Å². The molecule has 4 N–H and O–H groups in total. The second-order valence-corrected chi connectivity index (χ2v) is 8.63. The van der Waals surface area contributed by atoms with Crippen LogP contribution in [-0.4, -0.2) is 47.9 Å². The Morgan fingerprint density at radius 2 is 1.71 bits per heavy atom. The number of benzene rings is 1. The van der Waals surface area contributed by atoms with Crippen LogP contribution in [0.25, 0.3) is 0 Å². The molecule has 0 radical (unpaired) electrons. The molecule has 0 bridgehead atoms. The van der Waals surface area contributed by atoms with Crippen molar-refractivity contribution >= 4 is 36.0 Å². The molecule has 1 aromatic carbocycles. The summed E-state index contributed by atoms with van der Waals surface area (Å²) in [5.41, 5.74) is 0.128. The lowest BCUT2D eigenvalue weighted by molar-refractivity contribution is 0.0490. The smallest absolute Gasteiger partial charge is 0.407 e. The maximum atomic E-state index is 13.0. The van der Waals surface area contributed by atoms with E-state index in [2.05, 4.69) is 20.9 Å². The van der Waals surface area contributed by atoms with Crippen molar-refractivity contribution in [3.8, 4) is 0 Å². The zero-order valence-electron chi connectivity index (χ0n) is 18.8. The predicted molar refractivity (Wildman–Crippen MR) is 131 cm³/mol. The summed E-state index contributed by atoms with van der Waals surface area (Å²) in [6.45, 7) is 8.41. The molecule has 7 nitrogen and oxygen atoms in total. The third-order valence-corrected chi connectivity index (χ3v) is 4.81. The van der Waals surface area contributed by atoms with E-state index in [9.17, 15) is 14.3 Å². The first-order valence-corrected chi connectivity index (χ1v) is 10.6. The van der Waals surface area contributed by atoms with Crippen LogP contribution in [0.4, 0.5) is 9.18 Å². The monoisotopic (exact) mass is 550 g/mol. The van der Waals surface area contributed by atoms with E-state index in [-0.39, 0.29) is 54.5 Å². The first-order valence-electron chi connectivity index (χ1n) is 10.6. The highest BCUT2D eigenvalue weighted by atomic mass is 127. The van der Waals surface area contributed by atoms with Crippen molar-refractivity contribution in [3.05, 3.63) is 35.6 Å². The summed E-state index contributed by atoms with van der Waals surface area (Å²) in [6.07, 6.45) is 2.33. The first kappa shape index (κ1) is 27.4. The maximum absolute atomic E-state index is 13.0. The van der Waals surface area contributed by atoms with E-state index in [1.807, 2.05) is 27.7 Å². The van der Waals surface area contributed by atoms with Gasteiger partial charge in [-0.3, -0.25) is 4.99 Å². The Hall–Kier alpha value is -1.62. The highest BCUT2D eigenvalue weighted by molar-refractivity contribution is 14.0. The van der Waals surface area contributed by atoms with E-state index in [1.54, 1.807) is 12.1 Å². The number of carbonyl (C=O) groups excluding carboxylic acids is 1. The molecule has 0 aliphatic heterocycles. The van der Waals surface area contributed by atoms with Gasteiger partial charge in [0.05, 0.1) is 12.6 Å². The number of nitrogens with zero attached hydrogens (tertiary/aromatic N) is 1. The number of aliphatic hydroxyl groups is 1. The normalized spacial score (nSPS) is 20.3. The fourth-order valence-corrected chi connectivity index (χ4v) is 3.34. The van der Waals surface area contributed by atoms with Gasteiger partial charge in [0, 0.05) is 18.6 Å². The molecular formula is C22H36FIN4O3. The quantitative estimate of drug-likeness (QED) is 0.245. The zero-order valence-corrected chi connectivity index (χ0v) is 21.1. The van der Waals surface area contributed by atoms with E-state index in [4.69, 9.17) is 4.74 Å². The number of carbonyl (C=O) groups is 1. The second-order valence-electron chi connectivity index (χ2n) is 8.63. The number of amides is 1. The minimum absolute atomic E-state index is 0. The third-order valence-electron chi connectivity index (χ3n) is 4.81. The van der Waals surface area contributed by atoms with E-state index in [1.165, 1.54) is 12.1 Å². The third kappa shape index (κ3) is 10.5. The molecule has 1 atom stereocenters. The van der Waals surface area contributed by atoms with Gasteiger partial charge >= 0.3 is 6.09 Å². The molecule has 0 aromatic heterocycles. The Morgan fingerprint density at radius 3 is 2.23 bits per heavy atom. The molecule has 1 aliphatic rings. The van der Waals surface area contributed by atoms with Crippen LogP contribution in [0.3, 0.4) is 0 Å². The second kappa shape index (κ2) is 13.0.